The van der Waals surface area contributed by atoms with Crippen molar-refractivity contribution >= 4 is 11.8 Å². The molecule has 2 aromatic heterocycles. The minimum Gasteiger partial charge on any atom is -0.359 e. The van der Waals surface area contributed by atoms with Crippen LogP contribution in [0.1, 0.15) is 25.3 Å². The van der Waals surface area contributed by atoms with Gasteiger partial charge in [0.05, 0.1) is 0 Å². The molecule has 0 saturated carbocycles. The number of likely N-dealkylation sites (N-methyl/N-ethyl adjacent to an activating group) is 1. The number of aromatic nitrogens is 3. The third kappa shape index (κ3) is 5.02. The van der Waals surface area contributed by atoms with Gasteiger partial charge in [-0.2, -0.15) is 4.98 Å². The Hall–Kier alpha value is -2.17. The summed E-state index contributed by atoms with van der Waals surface area (Å²) in [5.74, 6) is 1.65. The van der Waals surface area contributed by atoms with Crippen molar-refractivity contribution in [1.82, 2.24) is 15.0 Å². The first-order valence-corrected chi connectivity index (χ1v) is 7.46. The highest BCUT2D eigenvalue weighted by molar-refractivity contribution is 5.41. The lowest BCUT2D eigenvalue weighted by Gasteiger charge is -2.18. The predicted molar refractivity (Wildman–Crippen MR) is 86.6 cm³/mol. The van der Waals surface area contributed by atoms with Crippen LogP contribution in [0.3, 0.4) is 0 Å². The van der Waals surface area contributed by atoms with Gasteiger partial charge in [-0.3, -0.25) is 4.98 Å². The molecule has 112 valence electrons. The van der Waals surface area contributed by atoms with E-state index in [1.54, 1.807) is 6.20 Å². The molecule has 0 aromatic carbocycles. The van der Waals surface area contributed by atoms with Gasteiger partial charge in [0.1, 0.15) is 5.82 Å². The topological polar surface area (TPSA) is 53.9 Å². The van der Waals surface area contributed by atoms with Gasteiger partial charge in [0.25, 0.3) is 0 Å². The van der Waals surface area contributed by atoms with E-state index in [2.05, 4.69) is 39.1 Å². The number of hydrogen-bond acceptors (Lipinski definition) is 5. The standard InChI is InChI=1S/C16H23N5/c1-3-4-9-18-16-19-12-7-15(20-16)21(2)13-8-14-5-10-17-11-6-14/h5-7,10-12H,3-4,8-9,13H2,1-2H3,(H,18,19,20). The van der Waals surface area contributed by atoms with Crippen molar-refractivity contribution in [3.8, 4) is 0 Å². The average Bonchev–Trinajstić information content (AvgIpc) is 2.54. The van der Waals surface area contributed by atoms with Gasteiger partial charge in [-0.1, -0.05) is 13.3 Å². The molecule has 0 fully saturated rings. The first kappa shape index (κ1) is 15.2. The van der Waals surface area contributed by atoms with Crippen molar-refractivity contribution < 1.29 is 0 Å². The van der Waals surface area contributed by atoms with E-state index in [0.29, 0.717) is 5.95 Å². The van der Waals surface area contributed by atoms with Crippen LogP contribution < -0.4 is 10.2 Å². The summed E-state index contributed by atoms with van der Waals surface area (Å²) in [6.45, 7) is 4.00. The molecule has 0 spiro atoms. The molecular formula is C16H23N5. The molecule has 0 radical (unpaired) electrons. The quantitative estimate of drug-likeness (QED) is 0.756. The maximum Gasteiger partial charge on any atom is 0.224 e. The van der Waals surface area contributed by atoms with E-state index in [1.165, 1.54) is 12.0 Å². The van der Waals surface area contributed by atoms with E-state index in [4.69, 9.17) is 0 Å². The van der Waals surface area contributed by atoms with Gasteiger partial charge in [-0.25, -0.2) is 4.98 Å². The third-order valence-electron chi connectivity index (χ3n) is 3.33. The Morgan fingerprint density at radius 1 is 1.14 bits per heavy atom. The second kappa shape index (κ2) is 8.19. The van der Waals surface area contributed by atoms with E-state index >= 15 is 0 Å². The monoisotopic (exact) mass is 285 g/mol. The van der Waals surface area contributed by atoms with Crippen molar-refractivity contribution in [3.05, 3.63) is 42.4 Å². The van der Waals surface area contributed by atoms with Crippen LogP contribution in [0.25, 0.3) is 0 Å². The summed E-state index contributed by atoms with van der Waals surface area (Å²) >= 11 is 0. The van der Waals surface area contributed by atoms with Crippen molar-refractivity contribution in [2.75, 3.05) is 30.4 Å². The Kier molecular flexibility index (Phi) is 5.94. The summed E-state index contributed by atoms with van der Waals surface area (Å²) in [6.07, 6.45) is 8.73. The molecule has 1 N–H and O–H groups in total. The third-order valence-corrected chi connectivity index (χ3v) is 3.33. The molecule has 2 rings (SSSR count). The highest BCUT2D eigenvalue weighted by Gasteiger charge is 2.04. The maximum atomic E-state index is 4.55. The molecule has 0 unspecified atom stereocenters. The molecule has 0 aliphatic carbocycles. The van der Waals surface area contributed by atoms with Crippen LogP contribution in [0.15, 0.2) is 36.8 Å². The van der Waals surface area contributed by atoms with Crippen LogP contribution in [0.4, 0.5) is 11.8 Å². The van der Waals surface area contributed by atoms with Gasteiger partial charge in [0, 0.05) is 38.7 Å². The number of rotatable bonds is 8. The SMILES string of the molecule is CCCCNc1nccc(N(C)CCc2ccncc2)n1. The van der Waals surface area contributed by atoms with Crippen molar-refractivity contribution in [1.29, 1.82) is 0 Å². The summed E-state index contributed by atoms with van der Waals surface area (Å²) in [5.41, 5.74) is 1.28. The highest BCUT2D eigenvalue weighted by atomic mass is 15.2. The normalized spacial score (nSPS) is 10.4. The smallest absolute Gasteiger partial charge is 0.224 e. The zero-order valence-corrected chi connectivity index (χ0v) is 12.8. The Morgan fingerprint density at radius 2 is 1.95 bits per heavy atom. The molecular weight excluding hydrogens is 262 g/mol. The van der Waals surface area contributed by atoms with E-state index in [9.17, 15) is 0 Å². The lowest BCUT2D eigenvalue weighted by atomic mass is 10.2. The molecule has 21 heavy (non-hydrogen) atoms. The van der Waals surface area contributed by atoms with Gasteiger partial charge in [0.2, 0.25) is 5.95 Å². The minimum atomic E-state index is 0.705. The van der Waals surface area contributed by atoms with Crippen LogP contribution in [0.2, 0.25) is 0 Å². The molecule has 5 heteroatoms. The van der Waals surface area contributed by atoms with Crippen LogP contribution in [0, 0.1) is 0 Å². The molecule has 0 aliphatic rings. The van der Waals surface area contributed by atoms with Crippen LogP contribution >= 0.6 is 0 Å². The van der Waals surface area contributed by atoms with E-state index in [-0.39, 0.29) is 0 Å². The van der Waals surface area contributed by atoms with Crippen molar-refractivity contribution in [2.45, 2.75) is 26.2 Å². The van der Waals surface area contributed by atoms with Gasteiger partial charge >= 0.3 is 0 Å². The zero-order valence-electron chi connectivity index (χ0n) is 12.8. The fraction of sp³-hybridized carbons (Fsp3) is 0.438. The summed E-state index contributed by atoms with van der Waals surface area (Å²) < 4.78 is 0. The van der Waals surface area contributed by atoms with Gasteiger partial charge in [0.15, 0.2) is 0 Å². The first-order chi connectivity index (χ1) is 10.3. The van der Waals surface area contributed by atoms with E-state index < -0.39 is 0 Å². The minimum absolute atomic E-state index is 0.705. The largest absolute Gasteiger partial charge is 0.359 e. The number of anilines is 2. The fourth-order valence-electron chi connectivity index (χ4n) is 1.98. The zero-order chi connectivity index (χ0) is 14.9. The molecule has 0 bridgehead atoms. The average molecular weight is 285 g/mol. The summed E-state index contributed by atoms with van der Waals surface area (Å²) in [7, 11) is 2.05. The number of pyridine rings is 1. The molecule has 0 atom stereocenters. The summed E-state index contributed by atoms with van der Waals surface area (Å²) in [6, 6.07) is 6.04. The number of hydrogen-bond donors (Lipinski definition) is 1. The lowest BCUT2D eigenvalue weighted by Crippen LogP contribution is -2.22. The van der Waals surface area contributed by atoms with Crippen molar-refractivity contribution in [3.63, 3.8) is 0 Å². The highest BCUT2D eigenvalue weighted by Crippen LogP contribution is 2.11. The second-order valence-corrected chi connectivity index (χ2v) is 5.05. The molecule has 0 amide bonds. The molecule has 2 heterocycles. The summed E-state index contributed by atoms with van der Waals surface area (Å²) in [5, 5.41) is 3.26. The molecule has 2 aromatic rings. The predicted octanol–water partition coefficient (Wildman–Crippen LogP) is 2.76. The summed E-state index contributed by atoms with van der Waals surface area (Å²) in [4.78, 5) is 15.0. The Morgan fingerprint density at radius 3 is 2.71 bits per heavy atom. The lowest BCUT2D eigenvalue weighted by molar-refractivity contribution is 0.820. The van der Waals surface area contributed by atoms with Gasteiger partial charge < -0.3 is 10.2 Å². The number of nitrogens with zero attached hydrogens (tertiary/aromatic N) is 4. The van der Waals surface area contributed by atoms with E-state index in [1.807, 2.05) is 30.6 Å². The second-order valence-electron chi connectivity index (χ2n) is 5.05. The van der Waals surface area contributed by atoms with Crippen molar-refractivity contribution in [2.24, 2.45) is 0 Å². The number of unbranched alkanes of at least 4 members (excludes halogenated alkanes) is 1. The molecule has 0 saturated heterocycles. The van der Waals surface area contributed by atoms with Gasteiger partial charge in [-0.15, -0.1) is 0 Å². The molecule has 0 aliphatic heterocycles. The van der Waals surface area contributed by atoms with Crippen LogP contribution in [0.5, 0.6) is 0 Å². The van der Waals surface area contributed by atoms with Crippen LogP contribution in [-0.2, 0) is 6.42 Å². The van der Waals surface area contributed by atoms with Crippen LogP contribution in [-0.4, -0.2) is 35.1 Å². The first-order valence-electron chi connectivity index (χ1n) is 7.46. The van der Waals surface area contributed by atoms with Gasteiger partial charge in [-0.05, 0) is 36.6 Å². The Labute approximate surface area is 126 Å². The van der Waals surface area contributed by atoms with E-state index in [0.717, 1.165) is 31.7 Å². The number of nitrogens with one attached hydrogen (secondary N) is 1. The molecule has 5 nitrogen and oxygen atoms in total. The fourth-order valence-corrected chi connectivity index (χ4v) is 1.98. The Balaban J connectivity index is 1.89. The maximum absolute atomic E-state index is 4.55. The Bertz CT molecular complexity index is 529.